The molecule has 0 aromatic heterocycles. The van der Waals surface area contributed by atoms with E-state index in [0.29, 0.717) is 31.1 Å². The van der Waals surface area contributed by atoms with Gasteiger partial charge in [0, 0.05) is 25.0 Å². The Balaban J connectivity index is 1.71. The molecule has 3 saturated carbocycles. The summed E-state index contributed by atoms with van der Waals surface area (Å²) in [6.07, 6.45) is 7.76. The Bertz CT molecular complexity index is 805. The number of hydrogen-bond donors (Lipinski definition) is 2. The molecule has 30 heavy (non-hydrogen) atoms. The predicted octanol–water partition coefficient (Wildman–Crippen LogP) is 4.37. The van der Waals surface area contributed by atoms with Crippen LogP contribution in [0.5, 0.6) is 0 Å². The number of ketones is 1. The maximum absolute atomic E-state index is 12.2. The molecule has 0 saturated heterocycles. The van der Waals surface area contributed by atoms with Crippen molar-refractivity contribution in [3.8, 4) is 0 Å². The Morgan fingerprint density at radius 2 is 1.87 bits per heavy atom. The zero-order chi connectivity index (χ0) is 21.9. The standard InChI is InChI=1S/C24H34O5S/c1-14(25)30-19-13-15-12-16(26)4-8-22(15,2)17-5-9-23(3)18(21(17)19)6-10-24(23,29)11-7-20(27)28/h12,17-19,21,29H,4-11,13H2,1-3H3,(H,27,28)/t17-,18-,19+,21+,22-,23-,24?/m0/s1. The van der Waals surface area contributed by atoms with Gasteiger partial charge in [-0.3, -0.25) is 14.4 Å². The van der Waals surface area contributed by atoms with Gasteiger partial charge >= 0.3 is 5.97 Å². The zero-order valence-electron chi connectivity index (χ0n) is 18.3. The molecular weight excluding hydrogens is 400 g/mol. The van der Waals surface area contributed by atoms with Gasteiger partial charge in [-0.25, -0.2) is 0 Å². The molecule has 0 heterocycles. The number of aliphatic hydroxyl groups is 1. The summed E-state index contributed by atoms with van der Waals surface area (Å²) in [6, 6.07) is 0. The minimum atomic E-state index is -0.952. The minimum absolute atomic E-state index is 0.00444. The van der Waals surface area contributed by atoms with E-state index in [0.717, 1.165) is 32.1 Å². The molecule has 4 aliphatic rings. The molecule has 0 amide bonds. The van der Waals surface area contributed by atoms with Crippen LogP contribution in [0.15, 0.2) is 11.6 Å². The lowest BCUT2D eigenvalue weighted by Crippen LogP contribution is -2.58. The van der Waals surface area contributed by atoms with Crippen LogP contribution in [0, 0.1) is 28.6 Å². The van der Waals surface area contributed by atoms with Crippen LogP contribution < -0.4 is 0 Å². The van der Waals surface area contributed by atoms with Crippen LogP contribution in [-0.4, -0.2) is 37.9 Å². The van der Waals surface area contributed by atoms with Crippen molar-refractivity contribution in [3.05, 3.63) is 11.6 Å². The summed E-state index contributed by atoms with van der Waals surface area (Å²) in [4.78, 5) is 35.5. The SMILES string of the molecule is CC(=O)S[C@@H]1CC2=CC(=O)CC[C@]2(C)[C@H]2CC[C@@]3(C)[C@@H](CCC3(O)CCC(=O)O)[C@H]12. The van der Waals surface area contributed by atoms with Crippen molar-refractivity contribution in [3.63, 3.8) is 0 Å². The first-order chi connectivity index (χ1) is 14.0. The molecule has 0 bridgehead atoms. The third kappa shape index (κ3) is 3.29. The quantitative estimate of drug-likeness (QED) is 0.683. The highest BCUT2D eigenvalue weighted by Crippen LogP contribution is 2.69. The molecule has 7 atom stereocenters. The molecule has 5 nitrogen and oxygen atoms in total. The molecule has 4 aliphatic carbocycles. The monoisotopic (exact) mass is 434 g/mol. The highest BCUT2D eigenvalue weighted by molar-refractivity contribution is 8.14. The molecule has 0 aromatic carbocycles. The predicted molar refractivity (Wildman–Crippen MR) is 116 cm³/mol. The first kappa shape index (κ1) is 22.1. The molecule has 0 aromatic rings. The van der Waals surface area contributed by atoms with Gasteiger partial charge in [-0.15, -0.1) is 0 Å². The molecule has 166 valence electrons. The summed E-state index contributed by atoms with van der Waals surface area (Å²) in [7, 11) is 0. The van der Waals surface area contributed by atoms with E-state index in [-0.39, 0.29) is 39.3 Å². The van der Waals surface area contributed by atoms with E-state index in [4.69, 9.17) is 0 Å². The van der Waals surface area contributed by atoms with Crippen molar-refractivity contribution in [1.82, 2.24) is 0 Å². The van der Waals surface area contributed by atoms with E-state index < -0.39 is 11.6 Å². The molecule has 0 aliphatic heterocycles. The van der Waals surface area contributed by atoms with E-state index in [1.165, 1.54) is 17.3 Å². The van der Waals surface area contributed by atoms with Gasteiger partial charge in [0.25, 0.3) is 0 Å². The van der Waals surface area contributed by atoms with Gasteiger partial charge in [0.1, 0.15) is 0 Å². The Hall–Kier alpha value is -1.14. The van der Waals surface area contributed by atoms with Gasteiger partial charge < -0.3 is 10.2 Å². The summed E-state index contributed by atoms with van der Waals surface area (Å²) in [5.74, 6) is 0.343. The van der Waals surface area contributed by atoms with Crippen LogP contribution in [0.3, 0.4) is 0 Å². The third-order valence-corrected chi connectivity index (χ3v) is 10.5. The van der Waals surface area contributed by atoms with Crippen molar-refractivity contribution in [2.24, 2.45) is 28.6 Å². The lowest BCUT2D eigenvalue weighted by Gasteiger charge is -2.61. The molecule has 0 spiro atoms. The Labute approximate surface area is 183 Å². The molecule has 2 N–H and O–H groups in total. The lowest BCUT2D eigenvalue weighted by atomic mass is 9.46. The molecule has 4 rings (SSSR count). The van der Waals surface area contributed by atoms with Crippen LogP contribution >= 0.6 is 11.8 Å². The maximum atomic E-state index is 12.2. The number of carbonyl (C=O) groups is 3. The maximum Gasteiger partial charge on any atom is 0.303 e. The summed E-state index contributed by atoms with van der Waals surface area (Å²) in [6.45, 7) is 6.09. The molecule has 3 fully saturated rings. The lowest BCUT2D eigenvalue weighted by molar-refractivity contribution is -0.146. The fourth-order valence-electron chi connectivity index (χ4n) is 7.67. The largest absolute Gasteiger partial charge is 0.481 e. The average molecular weight is 435 g/mol. The number of hydrogen-bond acceptors (Lipinski definition) is 5. The van der Waals surface area contributed by atoms with Crippen LogP contribution in [0.25, 0.3) is 0 Å². The molecule has 6 heteroatoms. The smallest absolute Gasteiger partial charge is 0.303 e. The number of thioether (sulfide) groups is 1. The average Bonchev–Trinajstić information content (AvgIpc) is 2.93. The van der Waals surface area contributed by atoms with Gasteiger partial charge in [-0.05, 0) is 79.6 Å². The van der Waals surface area contributed by atoms with Gasteiger partial charge in [-0.1, -0.05) is 31.2 Å². The van der Waals surface area contributed by atoms with E-state index >= 15 is 0 Å². The van der Waals surface area contributed by atoms with Crippen molar-refractivity contribution >= 4 is 28.6 Å². The second-order valence-electron chi connectivity index (χ2n) is 10.6. The van der Waals surface area contributed by atoms with Crippen LogP contribution in [-0.2, 0) is 14.4 Å². The van der Waals surface area contributed by atoms with Gasteiger partial charge in [0.15, 0.2) is 10.9 Å². The van der Waals surface area contributed by atoms with Crippen LogP contribution in [0.2, 0.25) is 0 Å². The van der Waals surface area contributed by atoms with E-state index in [9.17, 15) is 24.6 Å². The van der Waals surface area contributed by atoms with E-state index in [1.54, 1.807) is 6.92 Å². The fraction of sp³-hybridized carbons (Fsp3) is 0.792. The Morgan fingerprint density at radius 1 is 1.17 bits per heavy atom. The number of carbonyl (C=O) groups excluding carboxylic acids is 2. The first-order valence-corrected chi connectivity index (χ1v) is 12.2. The fourth-order valence-corrected chi connectivity index (χ4v) is 8.90. The second kappa shape index (κ2) is 7.47. The minimum Gasteiger partial charge on any atom is -0.481 e. The number of aliphatic carboxylic acids is 1. The van der Waals surface area contributed by atoms with Crippen LogP contribution in [0.1, 0.15) is 78.6 Å². The summed E-state index contributed by atoms with van der Waals surface area (Å²) < 4.78 is 0. The van der Waals surface area contributed by atoms with E-state index in [2.05, 4.69) is 13.8 Å². The van der Waals surface area contributed by atoms with Gasteiger partial charge in [0.05, 0.1) is 5.60 Å². The van der Waals surface area contributed by atoms with Gasteiger partial charge in [-0.2, -0.15) is 0 Å². The number of rotatable bonds is 4. The Kier molecular flexibility index (Phi) is 5.50. The number of carboxylic acids is 1. The van der Waals surface area contributed by atoms with Crippen molar-refractivity contribution < 1.29 is 24.6 Å². The topological polar surface area (TPSA) is 91.7 Å². The van der Waals surface area contributed by atoms with Crippen LogP contribution in [0.4, 0.5) is 0 Å². The molecule has 0 radical (unpaired) electrons. The highest BCUT2D eigenvalue weighted by Gasteiger charge is 2.65. The third-order valence-electron chi connectivity index (χ3n) is 9.35. The summed E-state index contributed by atoms with van der Waals surface area (Å²) >= 11 is 1.42. The number of carboxylic acid groups (broad SMARTS) is 1. The van der Waals surface area contributed by atoms with Gasteiger partial charge in [0.2, 0.25) is 0 Å². The highest BCUT2D eigenvalue weighted by atomic mass is 32.2. The molecular formula is C24H34O5S. The normalized spacial score (nSPS) is 45.2. The van der Waals surface area contributed by atoms with Crippen molar-refractivity contribution in [2.45, 2.75) is 89.4 Å². The zero-order valence-corrected chi connectivity index (χ0v) is 19.1. The summed E-state index contributed by atoms with van der Waals surface area (Å²) in [5.41, 5.74) is -0.0514. The summed E-state index contributed by atoms with van der Waals surface area (Å²) in [5, 5.41) is 21.0. The Morgan fingerprint density at radius 3 is 2.53 bits per heavy atom. The van der Waals surface area contributed by atoms with Crippen molar-refractivity contribution in [1.29, 1.82) is 0 Å². The molecule has 1 unspecified atom stereocenters. The van der Waals surface area contributed by atoms with E-state index in [1.807, 2.05) is 6.08 Å². The number of fused-ring (bicyclic) bond motifs is 5. The second-order valence-corrected chi connectivity index (χ2v) is 12.0. The number of allylic oxidation sites excluding steroid dienone is 1. The first-order valence-electron chi connectivity index (χ1n) is 11.4. The van der Waals surface area contributed by atoms with Crippen molar-refractivity contribution in [2.75, 3.05) is 0 Å².